The molecular formula is C16H28O2. The first-order valence-electron chi connectivity index (χ1n) is 6.74. The van der Waals surface area contributed by atoms with Crippen LogP contribution in [0.25, 0.3) is 0 Å². The van der Waals surface area contributed by atoms with E-state index in [0.29, 0.717) is 6.42 Å². The minimum Gasteiger partial charge on any atom is -0.481 e. The Hall–Kier alpha value is -1.05. The number of rotatable bonds is 7. The van der Waals surface area contributed by atoms with Gasteiger partial charge in [0.2, 0.25) is 0 Å². The van der Waals surface area contributed by atoms with Crippen LogP contribution in [0.15, 0.2) is 23.8 Å². The molecule has 2 heteroatoms. The zero-order valence-electron chi connectivity index (χ0n) is 12.7. The summed E-state index contributed by atoms with van der Waals surface area (Å²) >= 11 is 0. The van der Waals surface area contributed by atoms with Crippen molar-refractivity contribution in [3.63, 3.8) is 0 Å². The van der Waals surface area contributed by atoms with Gasteiger partial charge in [0, 0.05) is 5.41 Å². The summed E-state index contributed by atoms with van der Waals surface area (Å²) in [6.45, 7) is 12.0. The number of carbonyl (C=O) groups is 1. The Morgan fingerprint density at radius 3 is 2.17 bits per heavy atom. The van der Waals surface area contributed by atoms with Crippen molar-refractivity contribution in [3.05, 3.63) is 23.8 Å². The molecular weight excluding hydrogens is 224 g/mol. The van der Waals surface area contributed by atoms with Crippen LogP contribution in [0.2, 0.25) is 0 Å². The van der Waals surface area contributed by atoms with Crippen LogP contribution in [0.3, 0.4) is 0 Å². The Morgan fingerprint density at radius 2 is 1.83 bits per heavy atom. The first-order chi connectivity index (χ1) is 8.23. The van der Waals surface area contributed by atoms with Crippen LogP contribution in [0.1, 0.15) is 60.8 Å². The third-order valence-corrected chi connectivity index (χ3v) is 4.19. The molecule has 2 nitrogen and oxygen atoms in total. The fourth-order valence-electron chi connectivity index (χ4n) is 2.37. The lowest BCUT2D eigenvalue weighted by Crippen LogP contribution is -2.42. The van der Waals surface area contributed by atoms with Gasteiger partial charge in [-0.05, 0) is 47.0 Å². The summed E-state index contributed by atoms with van der Waals surface area (Å²) in [5, 5.41) is 9.55. The fourth-order valence-corrected chi connectivity index (χ4v) is 2.37. The Bertz CT molecular complexity index is 337. The Balaban J connectivity index is 5.24. The summed E-state index contributed by atoms with van der Waals surface area (Å²) in [7, 11) is 0. The first kappa shape index (κ1) is 16.9. The molecule has 0 fully saturated rings. The monoisotopic (exact) mass is 252 g/mol. The van der Waals surface area contributed by atoms with Crippen LogP contribution in [-0.4, -0.2) is 11.1 Å². The second-order valence-electron chi connectivity index (χ2n) is 5.73. The van der Waals surface area contributed by atoms with E-state index in [4.69, 9.17) is 0 Å². The van der Waals surface area contributed by atoms with Gasteiger partial charge in [-0.25, -0.2) is 0 Å². The summed E-state index contributed by atoms with van der Waals surface area (Å²) in [6.07, 6.45) is 8.63. The average Bonchev–Trinajstić information content (AvgIpc) is 2.27. The number of allylic oxidation sites excluding steroid dienone is 4. The molecule has 0 bridgehead atoms. The van der Waals surface area contributed by atoms with Crippen LogP contribution in [-0.2, 0) is 4.79 Å². The number of carboxylic acids is 1. The van der Waals surface area contributed by atoms with Crippen molar-refractivity contribution in [2.24, 2.45) is 10.8 Å². The molecule has 18 heavy (non-hydrogen) atoms. The Labute approximate surface area is 112 Å². The topological polar surface area (TPSA) is 37.3 Å². The lowest BCUT2D eigenvalue weighted by atomic mass is 9.61. The average molecular weight is 252 g/mol. The lowest BCUT2D eigenvalue weighted by Gasteiger charge is -2.41. The molecule has 0 unspecified atom stereocenters. The van der Waals surface area contributed by atoms with E-state index >= 15 is 0 Å². The van der Waals surface area contributed by atoms with Crippen molar-refractivity contribution in [3.8, 4) is 0 Å². The molecule has 0 aromatic carbocycles. The van der Waals surface area contributed by atoms with Gasteiger partial charge in [0.1, 0.15) is 0 Å². The predicted octanol–water partition coefficient (Wildman–Crippen LogP) is 4.82. The molecule has 0 aliphatic carbocycles. The van der Waals surface area contributed by atoms with Gasteiger partial charge in [-0.2, -0.15) is 0 Å². The molecule has 104 valence electrons. The molecule has 1 N–H and O–H groups in total. The van der Waals surface area contributed by atoms with Gasteiger partial charge in [-0.3, -0.25) is 4.79 Å². The normalized spacial score (nSPS) is 18.1. The van der Waals surface area contributed by atoms with Gasteiger partial charge >= 0.3 is 5.97 Å². The molecule has 0 rings (SSSR count). The molecule has 0 radical (unpaired) electrons. The lowest BCUT2D eigenvalue weighted by molar-refractivity contribution is -0.154. The molecule has 0 aromatic rings. The molecule has 0 saturated carbocycles. The van der Waals surface area contributed by atoms with Crippen LogP contribution in [0.5, 0.6) is 0 Å². The van der Waals surface area contributed by atoms with E-state index in [-0.39, 0.29) is 5.41 Å². The summed E-state index contributed by atoms with van der Waals surface area (Å²) in [4.78, 5) is 11.6. The Kier molecular flexibility index (Phi) is 6.37. The highest BCUT2D eigenvalue weighted by Crippen LogP contribution is 2.47. The van der Waals surface area contributed by atoms with Crippen molar-refractivity contribution >= 4 is 5.97 Å². The van der Waals surface area contributed by atoms with E-state index in [1.807, 2.05) is 26.8 Å². The van der Waals surface area contributed by atoms with Crippen LogP contribution in [0, 0.1) is 10.8 Å². The zero-order valence-corrected chi connectivity index (χ0v) is 12.7. The minimum absolute atomic E-state index is 0.311. The van der Waals surface area contributed by atoms with E-state index < -0.39 is 11.4 Å². The highest BCUT2D eigenvalue weighted by molar-refractivity contribution is 5.75. The van der Waals surface area contributed by atoms with Gasteiger partial charge in [-0.15, -0.1) is 0 Å². The number of hydrogen-bond acceptors (Lipinski definition) is 1. The maximum absolute atomic E-state index is 11.6. The summed E-state index contributed by atoms with van der Waals surface area (Å²) in [5.74, 6) is -0.706. The van der Waals surface area contributed by atoms with Crippen LogP contribution in [0.4, 0.5) is 0 Å². The molecule has 0 spiro atoms. The fraction of sp³-hybridized carbons (Fsp3) is 0.688. The van der Waals surface area contributed by atoms with Crippen molar-refractivity contribution in [2.45, 2.75) is 60.8 Å². The quantitative estimate of drug-likeness (QED) is 0.660. The summed E-state index contributed by atoms with van der Waals surface area (Å²) in [5.41, 5.74) is 0.259. The molecule has 2 atom stereocenters. The van der Waals surface area contributed by atoms with Crippen molar-refractivity contribution in [2.75, 3.05) is 0 Å². The van der Waals surface area contributed by atoms with Crippen molar-refractivity contribution in [1.29, 1.82) is 0 Å². The van der Waals surface area contributed by atoms with Crippen molar-refractivity contribution < 1.29 is 9.90 Å². The second kappa shape index (κ2) is 6.77. The van der Waals surface area contributed by atoms with Crippen LogP contribution >= 0.6 is 0 Å². The highest BCUT2D eigenvalue weighted by Gasteiger charge is 2.46. The van der Waals surface area contributed by atoms with Crippen molar-refractivity contribution in [1.82, 2.24) is 0 Å². The molecule has 0 aliphatic heterocycles. The molecule has 0 saturated heterocycles. The molecule has 0 aromatic heterocycles. The van der Waals surface area contributed by atoms with Gasteiger partial charge in [0.05, 0.1) is 5.41 Å². The van der Waals surface area contributed by atoms with Gasteiger partial charge < -0.3 is 5.11 Å². The number of carboxylic acid groups (broad SMARTS) is 1. The van der Waals surface area contributed by atoms with E-state index in [2.05, 4.69) is 32.9 Å². The molecule has 0 amide bonds. The third-order valence-electron chi connectivity index (χ3n) is 4.19. The van der Waals surface area contributed by atoms with Gasteiger partial charge in [0.25, 0.3) is 0 Å². The number of aliphatic carboxylic acids is 1. The van der Waals surface area contributed by atoms with E-state index in [9.17, 15) is 9.90 Å². The summed E-state index contributed by atoms with van der Waals surface area (Å²) < 4.78 is 0. The van der Waals surface area contributed by atoms with E-state index in [1.165, 1.54) is 5.57 Å². The second-order valence-corrected chi connectivity index (χ2v) is 5.73. The zero-order chi connectivity index (χ0) is 14.4. The van der Waals surface area contributed by atoms with Gasteiger partial charge in [0.15, 0.2) is 0 Å². The maximum Gasteiger partial charge on any atom is 0.310 e. The smallest absolute Gasteiger partial charge is 0.310 e. The molecule has 0 heterocycles. The third kappa shape index (κ3) is 3.72. The van der Waals surface area contributed by atoms with E-state index in [0.717, 1.165) is 12.8 Å². The Morgan fingerprint density at radius 1 is 1.28 bits per heavy atom. The standard InChI is InChI=1S/C16H28O2/c1-7-11-15(5,12-9-10-13(3)4)16(6,8-2)14(17)18/h7,10-11H,8-9,12H2,1-6H3,(H,17,18)/b11-7+/t15-,16-/m1/s1. The molecule has 0 aliphatic rings. The van der Waals surface area contributed by atoms with Crippen LogP contribution < -0.4 is 0 Å². The van der Waals surface area contributed by atoms with Gasteiger partial charge in [-0.1, -0.05) is 37.6 Å². The number of hydrogen-bond donors (Lipinski definition) is 1. The first-order valence-corrected chi connectivity index (χ1v) is 6.74. The minimum atomic E-state index is -0.713. The summed E-state index contributed by atoms with van der Waals surface area (Å²) in [6, 6.07) is 0. The highest BCUT2D eigenvalue weighted by atomic mass is 16.4. The largest absolute Gasteiger partial charge is 0.481 e. The van der Waals surface area contributed by atoms with E-state index in [1.54, 1.807) is 0 Å². The SMILES string of the molecule is C/C=C/[C@](C)(CCC=C(C)C)[C@](C)(CC)C(=O)O. The predicted molar refractivity (Wildman–Crippen MR) is 77.6 cm³/mol. The maximum atomic E-state index is 11.6.